The molecule has 3 aromatic carbocycles. The number of carbonyl (C=O) groups is 2. The first-order valence-electron chi connectivity index (χ1n) is 11.8. The summed E-state index contributed by atoms with van der Waals surface area (Å²) >= 11 is 0. The van der Waals surface area contributed by atoms with Gasteiger partial charge in [0.05, 0.1) is 11.6 Å². The molecule has 0 bridgehead atoms. The van der Waals surface area contributed by atoms with Crippen LogP contribution in [-0.4, -0.2) is 29.9 Å². The molecule has 5 rings (SSSR count). The highest BCUT2D eigenvalue weighted by molar-refractivity contribution is 6.51. The minimum atomic E-state index is -0.881. The highest BCUT2D eigenvalue weighted by Gasteiger charge is 2.47. The summed E-state index contributed by atoms with van der Waals surface area (Å²) in [4.78, 5) is 30.4. The summed E-state index contributed by atoms with van der Waals surface area (Å²) in [6, 6.07) is 17.9. The van der Waals surface area contributed by atoms with E-state index in [9.17, 15) is 19.1 Å². The van der Waals surface area contributed by atoms with Gasteiger partial charge in [-0.05, 0) is 80.3 Å². The quantitative estimate of drug-likeness (QED) is 0.303. The van der Waals surface area contributed by atoms with Crippen molar-refractivity contribution in [3.63, 3.8) is 0 Å². The molecule has 178 valence electrons. The van der Waals surface area contributed by atoms with Crippen LogP contribution in [0.1, 0.15) is 41.1 Å². The molecule has 2 heterocycles. The van der Waals surface area contributed by atoms with Crippen LogP contribution in [0.4, 0.5) is 15.8 Å². The fraction of sp³-hybridized carbons (Fsp3) is 0.241. The van der Waals surface area contributed by atoms with Gasteiger partial charge in [0.1, 0.15) is 11.6 Å². The van der Waals surface area contributed by atoms with E-state index < -0.39 is 23.5 Å². The Hall–Kier alpha value is -3.93. The van der Waals surface area contributed by atoms with Gasteiger partial charge in [-0.25, -0.2) is 4.39 Å². The number of Topliss-reactive ketones (excluding diaryl/α,β-unsaturated/α-hetero) is 1. The van der Waals surface area contributed by atoms with Crippen LogP contribution in [0.25, 0.3) is 5.76 Å². The summed E-state index contributed by atoms with van der Waals surface area (Å²) in [5.41, 5.74) is 4.36. The minimum Gasteiger partial charge on any atom is -0.507 e. The van der Waals surface area contributed by atoms with E-state index in [2.05, 4.69) is 4.90 Å². The third-order valence-electron chi connectivity index (χ3n) is 6.88. The molecular formula is C29H27FN2O3. The average Bonchev–Trinajstić information content (AvgIpc) is 3.48. The number of hydrogen-bond acceptors (Lipinski definition) is 4. The van der Waals surface area contributed by atoms with Gasteiger partial charge in [0.2, 0.25) is 0 Å². The number of nitrogens with zero attached hydrogens (tertiary/aromatic N) is 2. The van der Waals surface area contributed by atoms with E-state index in [-0.39, 0.29) is 11.3 Å². The van der Waals surface area contributed by atoms with Crippen molar-refractivity contribution in [1.29, 1.82) is 0 Å². The lowest BCUT2D eigenvalue weighted by Gasteiger charge is -2.26. The monoisotopic (exact) mass is 470 g/mol. The molecule has 2 saturated heterocycles. The summed E-state index contributed by atoms with van der Waals surface area (Å²) in [6.07, 6.45) is 2.30. The van der Waals surface area contributed by atoms with Gasteiger partial charge in [0.25, 0.3) is 11.7 Å². The van der Waals surface area contributed by atoms with Crippen LogP contribution < -0.4 is 9.80 Å². The van der Waals surface area contributed by atoms with Gasteiger partial charge in [0, 0.05) is 30.0 Å². The maximum Gasteiger partial charge on any atom is 0.300 e. The Bertz CT molecular complexity index is 1320. The minimum absolute atomic E-state index is 0.000993. The predicted molar refractivity (Wildman–Crippen MR) is 135 cm³/mol. The smallest absolute Gasteiger partial charge is 0.300 e. The Kier molecular flexibility index (Phi) is 5.89. The standard InChI is InChI=1S/C29H27FN2O3/c1-18-5-6-19(2)24(17-18)27(33)25-26(20-7-9-21(30)10-8-20)32(29(35)28(25)34)23-13-11-22(12-14-23)31-15-3-4-16-31/h5-14,17,26,33H,3-4,15-16H2,1-2H3/b27-25+. The van der Waals surface area contributed by atoms with E-state index in [4.69, 9.17) is 0 Å². The van der Waals surface area contributed by atoms with E-state index in [1.54, 1.807) is 18.2 Å². The van der Waals surface area contributed by atoms with Crippen LogP contribution >= 0.6 is 0 Å². The molecule has 0 aliphatic carbocycles. The van der Waals surface area contributed by atoms with Gasteiger partial charge in [0.15, 0.2) is 0 Å². The van der Waals surface area contributed by atoms with E-state index in [0.29, 0.717) is 16.8 Å². The second-order valence-corrected chi connectivity index (χ2v) is 9.25. The van der Waals surface area contributed by atoms with Gasteiger partial charge in [-0.3, -0.25) is 14.5 Å². The van der Waals surface area contributed by atoms with Gasteiger partial charge >= 0.3 is 0 Å². The molecule has 2 aliphatic rings. The van der Waals surface area contributed by atoms with Crippen LogP contribution in [0.3, 0.4) is 0 Å². The van der Waals surface area contributed by atoms with Gasteiger partial charge in [-0.1, -0.05) is 29.8 Å². The maximum absolute atomic E-state index is 13.7. The van der Waals surface area contributed by atoms with Crippen LogP contribution in [0.2, 0.25) is 0 Å². The predicted octanol–water partition coefficient (Wildman–Crippen LogP) is 5.67. The highest BCUT2D eigenvalue weighted by atomic mass is 19.1. The zero-order valence-corrected chi connectivity index (χ0v) is 19.8. The molecule has 0 aromatic heterocycles. The van der Waals surface area contributed by atoms with Crippen molar-refractivity contribution < 1.29 is 19.1 Å². The molecule has 0 saturated carbocycles. The molecule has 2 aliphatic heterocycles. The molecule has 6 heteroatoms. The number of aryl methyl sites for hydroxylation is 2. The molecule has 35 heavy (non-hydrogen) atoms. The Labute approximate surface area is 204 Å². The van der Waals surface area contributed by atoms with E-state index in [0.717, 1.165) is 42.7 Å². The molecule has 1 unspecified atom stereocenters. The second kappa shape index (κ2) is 9.02. The number of benzene rings is 3. The first-order chi connectivity index (χ1) is 16.8. The third-order valence-corrected chi connectivity index (χ3v) is 6.88. The molecule has 5 nitrogen and oxygen atoms in total. The maximum atomic E-state index is 13.7. The average molecular weight is 471 g/mol. The third kappa shape index (κ3) is 4.09. The Morgan fingerprint density at radius 1 is 0.886 bits per heavy atom. The number of carbonyl (C=O) groups excluding carboxylic acids is 2. The van der Waals surface area contributed by atoms with Crippen molar-refractivity contribution in [2.75, 3.05) is 22.9 Å². The molecule has 3 aromatic rings. The molecule has 1 atom stereocenters. The Balaban J connectivity index is 1.65. The second-order valence-electron chi connectivity index (χ2n) is 9.25. The fourth-order valence-electron chi connectivity index (χ4n) is 4.99. The van der Waals surface area contributed by atoms with Crippen LogP contribution in [0, 0.1) is 19.7 Å². The molecule has 0 radical (unpaired) electrons. The summed E-state index contributed by atoms with van der Waals surface area (Å²) in [6.45, 7) is 5.73. The summed E-state index contributed by atoms with van der Waals surface area (Å²) in [7, 11) is 0. The largest absolute Gasteiger partial charge is 0.507 e. The lowest BCUT2D eigenvalue weighted by molar-refractivity contribution is -0.132. The van der Waals surface area contributed by atoms with Gasteiger partial charge in [-0.15, -0.1) is 0 Å². The van der Waals surface area contributed by atoms with Crippen molar-refractivity contribution in [3.8, 4) is 0 Å². The lowest BCUT2D eigenvalue weighted by Crippen LogP contribution is -2.29. The summed E-state index contributed by atoms with van der Waals surface area (Å²) < 4.78 is 13.7. The van der Waals surface area contributed by atoms with Crippen LogP contribution in [0.5, 0.6) is 0 Å². The zero-order valence-electron chi connectivity index (χ0n) is 19.8. The highest BCUT2D eigenvalue weighted by Crippen LogP contribution is 2.43. The van der Waals surface area contributed by atoms with E-state index >= 15 is 0 Å². The first kappa shape index (κ1) is 22.8. The zero-order chi connectivity index (χ0) is 24.7. The fourth-order valence-corrected chi connectivity index (χ4v) is 4.99. The number of halogens is 1. The number of aliphatic hydroxyl groups is 1. The van der Waals surface area contributed by atoms with Crippen molar-refractivity contribution in [1.82, 2.24) is 0 Å². The lowest BCUT2D eigenvalue weighted by atomic mass is 9.93. The number of aliphatic hydroxyl groups excluding tert-OH is 1. The number of amides is 1. The van der Waals surface area contributed by atoms with Crippen LogP contribution in [0.15, 0.2) is 72.3 Å². The number of anilines is 2. The molecule has 0 spiro atoms. The molecular weight excluding hydrogens is 443 g/mol. The first-order valence-corrected chi connectivity index (χ1v) is 11.8. The number of ketones is 1. The molecule has 1 amide bonds. The van der Waals surface area contributed by atoms with Gasteiger partial charge < -0.3 is 10.0 Å². The Morgan fingerprint density at radius 2 is 1.51 bits per heavy atom. The topological polar surface area (TPSA) is 60.9 Å². The normalized spacial score (nSPS) is 19.6. The van der Waals surface area contributed by atoms with Crippen LogP contribution in [-0.2, 0) is 9.59 Å². The number of rotatable bonds is 4. The molecule has 2 fully saturated rings. The van der Waals surface area contributed by atoms with E-state index in [1.165, 1.54) is 17.0 Å². The van der Waals surface area contributed by atoms with E-state index in [1.807, 2.05) is 50.2 Å². The van der Waals surface area contributed by atoms with Crippen molar-refractivity contribution in [3.05, 3.63) is 100 Å². The van der Waals surface area contributed by atoms with Crippen molar-refractivity contribution in [2.24, 2.45) is 0 Å². The number of hydrogen-bond donors (Lipinski definition) is 1. The van der Waals surface area contributed by atoms with Gasteiger partial charge in [-0.2, -0.15) is 0 Å². The van der Waals surface area contributed by atoms with Crippen molar-refractivity contribution in [2.45, 2.75) is 32.7 Å². The Morgan fingerprint density at radius 3 is 2.17 bits per heavy atom. The molecule has 1 N–H and O–H groups in total. The SMILES string of the molecule is Cc1ccc(C)c(/C(O)=C2\C(=O)C(=O)N(c3ccc(N4CCCC4)cc3)C2c2ccc(F)cc2)c1. The summed E-state index contributed by atoms with van der Waals surface area (Å²) in [5.74, 6) is -2.13. The van der Waals surface area contributed by atoms with Crippen molar-refractivity contribution >= 4 is 28.8 Å². The summed E-state index contributed by atoms with van der Waals surface area (Å²) in [5, 5.41) is 11.4.